The van der Waals surface area contributed by atoms with Crippen molar-refractivity contribution in [1.82, 2.24) is 4.98 Å². The highest BCUT2D eigenvalue weighted by molar-refractivity contribution is 6.32. The van der Waals surface area contributed by atoms with Crippen molar-refractivity contribution >= 4 is 29.2 Å². The molecule has 1 fully saturated rings. The molecule has 1 N–H and O–H groups in total. The number of aromatic nitrogens is 1. The number of hydrogen-bond donors (Lipinski definition) is 1. The first kappa shape index (κ1) is 9.74. The maximum atomic E-state index is 10.6. The Hall–Kier alpha value is -0.800. The van der Waals surface area contributed by atoms with E-state index in [-0.39, 0.29) is 11.8 Å². The maximum Gasteiger partial charge on any atom is 0.307 e. The van der Waals surface area contributed by atoms with Crippen molar-refractivity contribution in [3.8, 4) is 0 Å². The fraction of sp³-hybridized carbons (Fsp3) is 0.333. The van der Waals surface area contributed by atoms with Crippen LogP contribution in [0.3, 0.4) is 0 Å². The van der Waals surface area contributed by atoms with Crippen LogP contribution in [0.15, 0.2) is 12.1 Å². The number of carboxylic acid groups (broad SMARTS) is 1. The van der Waals surface area contributed by atoms with Gasteiger partial charge in [-0.3, -0.25) is 4.79 Å². The Labute approximate surface area is 90.7 Å². The van der Waals surface area contributed by atoms with E-state index in [0.29, 0.717) is 16.7 Å². The molecule has 1 heterocycles. The molecule has 2 rings (SSSR count). The number of carbonyl (C=O) groups is 1. The van der Waals surface area contributed by atoms with E-state index in [9.17, 15) is 4.79 Å². The van der Waals surface area contributed by atoms with Crippen LogP contribution in [-0.4, -0.2) is 16.1 Å². The molecule has 0 aromatic carbocycles. The fourth-order valence-corrected chi connectivity index (χ4v) is 2.01. The zero-order valence-corrected chi connectivity index (χ0v) is 8.59. The lowest BCUT2D eigenvalue weighted by atomic mass is 10.1. The van der Waals surface area contributed by atoms with E-state index < -0.39 is 5.97 Å². The molecule has 2 atom stereocenters. The molecule has 1 aliphatic rings. The summed E-state index contributed by atoms with van der Waals surface area (Å²) in [7, 11) is 0. The Morgan fingerprint density at radius 2 is 2.00 bits per heavy atom. The minimum atomic E-state index is -0.765. The second-order valence-electron chi connectivity index (χ2n) is 3.33. The first-order valence-electron chi connectivity index (χ1n) is 4.13. The lowest BCUT2D eigenvalue weighted by molar-refractivity contribution is -0.138. The maximum absolute atomic E-state index is 10.6. The van der Waals surface area contributed by atoms with Crippen LogP contribution < -0.4 is 0 Å². The zero-order valence-electron chi connectivity index (χ0n) is 7.08. The Morgan fingerprint density at radius 1 is 1.43 bits per heavy atom. The molecular formula is C9H7Cl2NO2. The molecule has 0 radical (unpaired) electrons. The molecule has 14 heavy (non-hydrogen) atoms. The average Bonchev–Trinajstić information content (AvgIpc) is 2.79. The molecule has 0 saturated heterocycles. The summed E-state index contributed by atoms with van der Waals surface area (Å²) in [6, 6.07) is 3.34. The van der Waals surface area contributed by atoms with Crippen molar-refractivity contribution in [1.29, 1.82) is 0 Å². The lowest BCUT2D eigenvalue weighted by Crippen LogP contribution is -1.99. The van der Waals surface area contributed by atoms with Crippen molar-refractivity contribution in [2.45, 2.75) is 12.3 Å². The van der Waals surface area contributed by atoms with Crippen LogP contribution in [0.5, 0.6) is 0 Å². The Bertz CT molecular complexity index is 374. The third kappa shape index (κ3) is 1.83. The summed E-state index contributed by atoms with van der Waals surface area (Å²) in [6.45, 7) is 0. The second-order valence-corrected chi connectivity index (χ2v) is 4.11. The molecule has 5 heteroatoms. The molecule has 0 spiro atoms. The molecule has 1 aromatic heterocycles. The molecule has 0 aliphatic heterocycles. The van der Waals surface area contributed by atoms with Gasteiger partial charge in [0.1, 0.15) is 10.3 Å². The number of nitrogens with zero attached hydrogens (tertiary/aromatic N) is 1. The number of rotatable bonds is 2. The number of aliphatic carboxylic acids is 1. The summed E-state index contributed by atoms with van der Waals surface area (Å²) in [6.07, 6.45) is 0.659. The van der Waals surface area contributed by atoms with E-state index in [0.717, 1.165) is 5.56 Å². The molecular weight excluding hydrogens is 225 g/mol. The SMILES string of the molecule is O=C(O)C1CC1c1cc(Cl)nc(Cl)c1. The minimum absolute atomic E-state index is 0.0468. The summed E-state index contributed by atoms with van der Waals surface area (Å²) >= 11 is 11.4. The van der Waals surface area contributed by atoms with Gasteiger partial charge in [-0.15, -0.1) is 0 Å². The van der Waals surface area contributed by atoms with Crippen LogP contribution in [-0.2, 0) is 4.79 Å². The average molecular weight is 232 g/mol. The van der Waals surface area contributed by atoms with Crippen molar-refractivity contribution in [3.63, 3.8) is 0 Å². The summed E-state index contributed by atoms with van der Waals surface area (Å²) in [5, 5.41) is 9.36. The van der Waals surface area contributed by atoms with Crippen LogP contribution >= 0.6 is 23.2 Å². The summed E-state index contributed by atoms with van der Waals surface area (Å²) in [5.41, 5.74) is 0.863. The third-order valence-corrected chi connectivity index (χ3v) is 2.71. The van der Waals surface area contributed by atoms with Gasteiger partial charge in [-0.05, 0) is 30.0 Å². The van der Waals surface area contributed by atoms with Crippen LogP contribution in [0.4, 0.5) is 0 Å². The predicted molar refractivity (Wildman–Crippen MR) is 52.7 cm³/mol. The second kappa shape index (κ2) is 3.41. The molecule has 2 unspecified atom stereocenters. The van der Waals surface area contributed by atoms with E-state index in [1.54, 1.807) is 12.1 Å². The van der Waals surface area contributed by atoms with Crippen LogP contribution in [0.2, 0.25) is 10.3 Å². The monoisotopic (exact) mass is 231 g/mol. The minimum Gasteiger partial charge on any atom is -0.481 e. The topological polar surface area (TPSA) is 50.2 Å². The number of pyridine rings is 1. The van der Waals surface area contributed by atoms with Gasteiger partial charge in [0.2, 0.25) is 0 Å². The lowest BCUT2D eigenvalue weighted by Gasteiger charge is -1.99. The van der Waals surface area contributed by atoms with Gasteiger partial charge < -0.3 is 5.11 Å². The van der Waals surface area contributed by atoms with Crippen LogP contribution in [0.25, 0.3) is 0 Å². The first-order valence-corrected chi connectivity index (χ1v) is 4.89. The Balaban J connectivity index is 2.23. The van der Waals surface area contributed by atoms with Crippen molar-refractivity contribution in [2.75, 3.05) is 0 Å². The Morgan fingerprint density at radius 3 is 2.43 bits per heavy atom. The molecule has 3 nitrogen and oxygen atoms in total. The van der Waals surface area contributed by atoms with Crippen LogP contribution in [0, 0.1) is 5.92 Å². The van der Waals surface area contributed by atoms with E-state index in [2.05, 4.69) is 4.98 Å². The molecule has 1 aliphatic carbocycles. The smallest absolute Gasteiger partial charge is 0.307 e. The van der Waals surface area contributed by atoms with Gasteiger partial charge >= 0.3 is 5.97 Å². The first-order chi connectivity index (χ1) is 6.58. The van der Waals surface area contributed by atoms with Crippen LogP contribution in [0.1, 0.15) is 17.9 Å². The molecule has 0 bridgehead atoms. The Kier molecular flexibility index (Phi) is 2.37. The highest BCUT2D eigenvalue weighted by Gasteiger charge is 2.44. The van der Waals surface area contributed by atoms with Gasteiger partial charge in [0.25, 0.3) is 0 Å². The van der Waals surface area contributed by atoms with Gasteiger partial charge in [-0.25, -0.2) is 4.98 Å². The van der Waals surface area contributed by atoms with E-state index in [4.69, 9.17) is 28.3 Å². The number of carboxylic acids is 1. The zero-order chi connectivity index (χ0) is 10.3. The van der Waals surface area contributed by atoms with Gasteiger partial charge in [-0.1, -0.05) is 23.2 Å². The summed E-state index contributed by atoms with van der Waals surface area (Å²) < 4.78 is 0. The summed E-state index contributed by atoms with van der Waals surface area (Å²) in [4.78, 5) is 14.4. The third-order valence-electron chi connectivity index (χ3n) is 2.32. The quantitative estimate of drug-likeness (QED) is 0.797. The highest BCUT2D eigenvalue weighted by atomic mass is 35.5. The predicted octanol–water partition coefficient (Wildman–Crippen LogP) is 2.58. The fourth-order valence-electron chi connectivity index (χ4n) is 1.53. The standard InChI is InChI=1S/C9H7Cl2NO2/c10-7-1-4(2-8(11)12-7)5-3-6(5)9(13)14/h1-2,5-6H,3H2,(H,13,14). The highest BCUT2D eigenvalue weighted by Crippen LogP contribution is 2.48. The molecule has 1 aromatic rings. The summed E-state index contributed by atoms with van der Waals surface area (Å²) in [5.74, 6) is -1.01. The van der Waals surface area contributed by atoms with Crippen molar-refractivity contribution < 1.29 is 9.90 Å². The normalized spacial score (nSPS) is 24.7. The van der Waals surface area contributed by atoms with Crippen molar-refractivity contribution in [2.24, 2.45) is 5.92 Å². The van der Waals surface area contributed by atoms with E-state index in [1.807, 2.05) is 0 Å². The number of halogens is 2. The molecule has 0 amide bonds. The van der Waals surface area contributed by atoms with E-state index in [1.165, 1.54) is 0 Å². The number of hydrogen-bond acceptors (Lipinski definition) is 2. The molecule has 1 saturated carbocycles. The molecule has 74 valence electrons. The van der Waals surface area contributed by atoms with Crippen molar-refractivity contribution in [3.05, 3.63) is 28.0 Å². The van der Waals surface area contributed by atoms with Gasteiger partial charge in [0.15, 0.2) is 0 Å². The van der Waals surface area contributed by atoms with Gasteiger partial charge in [0.05, 0.1) is 5.92 Å². The van der Waals surface area contributed by atoms with Gasteiger partial charge in [-0.2, -0.15) is 0 Å². The van der Waals surface area contributed by atoms with Gasteiger partial charge in [0, 0.05) is 0 Å². The van der Waals surface area contributed by atoms with E-state index >= 15 is 0 Å². The largest absolute Gasteiger partial charge is 0.481 e.